The molecule has 2 rings (SSSR count). The van der Waals surface area contributed by atoms with Crippen molar-refractivity contribution in [1.82, 2.24) is 0 Å². The van der Waals surface area contributed by atoms with Crippen LogP contribution in [0.15, 0.2) is 18.2 Å². The zero-order valence-corrected chi connectivity index (χ0v) is 10.6. The van der Waals surface area contributed by atoms with E-state index in [9.17, 15) is 18.4 Å². The van der Waals surface area contributed by atoms with Gasteiger partial charge in [0, 0.05) is 18.8 Å². The molecule has 4 nitrogen and oxygen atoms in total. The lowest BCUT2D eigenvalue weighted by Gasteiger charge is -2.22. The highest BCUT2D eigenvalue weighted by Crippen LogP contribution is 2.48. The number of carbonyl (C=O) groups excluding carboxylic acids is 2. The third kappa shape index (κ3) is 2.18. The first kappa shape index (κ1) is 13.5. The van der Waals surface area contributed by atoms with Gasteiger partial charge < -0.3 is 9.64 Å². The van der Waals surface area contributed by atoms with Crippen molar-refractivity contribution in [2.24, 2.45) is 5.41 Å². The van der Waals surface area contributed by atoms with Gasteiger partial charge in [0.25, 0.3) is 0 Å². The number of hydrogen-bond acceptors (Lipinski definition) is 3. The van der Waals surface area contributed by atoms with Crippen molar-refractivity contribution in [3.05, 3.63) is 29.8 Å². The summed E-state index contributed by atoms with van der Waals surface area (Å²) in [7, 11) is 2.63. The van der Waals surface area contributed by atoms with E-state index >= 15 is 0 Å². The van der Waals surface area contributed by atoms with Gasteiger partial charge in [-0.25, -0.2) is 8.78 Å². The Kier molecular flexibility index (Phi) is 3.26. The normalized spacial score (nSPS) is 15.8. The third-order valence-corrected chi connectivity index (χ3v) is 3.33. The minimum Gasteiger partial charge on any atom is -0.468 e. The average Bonchev–Trinajstić information content (AvgIpc) is 3.21. The van der Waals surface area contributed by atoms with Gasteiger partial charge in [0.1, 0.15) is 5.41 Å². The van der Waals surface area contributed by atoms with Crippen molar-refractivity contribution < 1.29 is 23.1 Å². The Labute approximate surface area is 109 Å². The average molecular weight is 269 g/mol. The van der Waals surface area contributed by atoms with E-state index in [2.05, 4.69) is 4.74 Å². The molecule has 1 aliphatic rings. The molecular weight excluding hydrogens is 256 g/mol. The fraction of sp³-hybridized carbons (Fsp3) is 0.385. The zero-order valence-electron chi connectivity index (χ0n) is 10.6. The predicted octanol–water partition coefficient (Wildman–Crippen LogP) is 1.88. The highest BCUT2D eigenvalue weighted by molar-refractivity contribution is 6.12. The van der Waals surface area contributed by atoms with Crippen LogP contribution in [0.1, 0.15) is 12.8 Å². The minimum atomic E-state index is -1.16. The van der Waals surface area contributed by atoms with E-state index < -0.39 is 28.9 Å². The van der Waals surface area contributed by atoms with E-state index in [-0.39, 0.29) is 5.69 Å². The van der Waals surface area contributed by atoms with Gasteiger partial charge in [-0.05, 0) is 25.0 Å². The quantitative estimate of drug-likeness (QED) is 0.621. The van der Waals surface area contributed by atoms with Crippen molar-refractivity contribution in [1.29, 1.82) is 0 Å². The molecule has 0 unspecified atom stereocenters. The molecule has 0 atom stereocenters. The van der Waals surface area contributed by atoms with Gasteiger partial charge in [-0.15, -0.1) is 0 Å². The van der Waals surface area contributed by atoms with E-state index in [1.165, 1.54) is 20.2 Å². The maximum Gasteiger partial charge on any atom is 0.321 e. The van der Waals surface area contributed by atoms with Gasteiger partial charge in [-0.1, -0.05) is 0 Å². The molecule has 0 aromatic heterocycles. The number of benzene rings is 1. The summed E-state index contributed by atoms with van der Waals surface area (Å²) in [4.78, 5) is 25.0. The summed E-state index contributed by atoms with van der Waals surface area (Å²) >= 11 is 0. The molecule has 1 aliphatic carbocycles. The van der Waals surface area contributed by atoms with Crippen LogP contribution >= 0.6 is 0 Å². The largest absolute Gasteiger partial charge is 0.468 e. The van der Waals surface area contributed by atoms with Crippen LogP contribution in [0.4, 0.5) is 14.5 Å². The molecule has 6 heteroatoms. The van der Waals surface area contributed by atoms with Crippen LogP contribution in [-0.2, 0) is 14.3 Å². The molecule has 19 heavy (non-hydrogen) atoms. The number of carbonyl (C=O) groups is 2. The minimum absolute atomic E-state index is 0.194. The van der Waals surface area contributed by atoms with Crippen molar-refractivity contribution in [3.8, 4) is 0 Å². The Morgan fingerprint density at radius 2 is 1.89 bits per heavy atom. The van der Waals surface area contributed by atoms with Gasteiger partial charge in [-0.2, -0.15) is 0 Å². The summed E-state index contributed by atoms with van der Waals surface area (Å²) < 4.78 is 30.6. The highest BCUT2D eigenvalue weighted by atomic mass is 19.2. The summed E-state index contributed by atoms with van der Waals surface area (Å²) in [5.41, 5.74) is -0.965. The Hall–Kier alpha value is -1.98. The first-order valence-corrected chi connectivity index (χ1v) is 5.74. The number of anilines is 1. The van der Waals surface area contributed by atoms with E-state index in [1.54, 1.807) is 0 Å². The molecule has 1 fully saturated rings. The Morgan fingerprint density at radius 1 is 1.26 bits per heavy atom. The molecule has 1 saturated carbocycles. The smallest absolute Gasteiger partial charge is 0.321 e. The number of hydrogen-bond donors (Lipinski definition) is 0. The van der Waals surface area contributed by atoms with Crippen LogP contribution < -0.4 is 4.90 Å². The molecule has 0 aliphatic heterocycles. The number of halogens is 2. The topological polar surface area (TPSA) is 46.6 Å². The molecule has 102 valence electrons. The predicted molar refractivity (Wildman–Crippen MR) is 63.5 cm³/mol. The lowest BCUT2D eigenvalue weighted by Crippen LogP contribution is -2.39. The van der Waals surface area contributed by atoms with Crippen molar-refractivity contribution in [2.75, 3.05) is 19.1 Å². The van der Waals surface area contributed by atoms with E-state index in [0.29, 0.717) is 12.8 Å². The second-order valence-electron chi connectivity index (χ2n) is 4.54. The van der Waals surface area contributed by atoms with Crippen LogP contribution in [0.2, 0.25) is 0 Å². The second-order valence-corrected chi connectivity index (χ2v) is 4.54. The standard InChI is InChI=1S/C13H13F2NO3/c1-16(8-3-4-9(14)10(15)7-8)11(17)13(5-6-13)12(18)19-2/h3-4,7H,5-6H2,1-2H3. The first-order chi connectivity index (χ1) is 8.92. The molecule has 0 bridgehead atoms. The third-order valence-electron chi connectivity index (χ3n) is 3.33. The molecule has 1 amide bonds. The summed E-state index contributed by atoms with van der Waals surface area (Å²) in [5, 5.41) is 0. The lowest BCUT2D eigenvalue weighted by molar-refractivity contribution is -0.151. The van der Waals surface area contributed by atoms with Crippen molar-refractivity contribution in [2.45, 2.75) is 12.8 Å². The Balaban J connectivity index is 2.24. The molecule has 1 aromatic carbocycles. The summed E-state index contributed by atoms with van der Waals surface area (Å²) in [5.74, 6) is -3.09. The molecule has 0 N–H and O–H groups in total. The molecule has 1 aromatic rings. The summed E-state index contributed by atoms with van der Waals surface area (Å²) in [6, 6.07) is 3.14. The Bertz CT molecular complexity index is 541. The van der Waals surface area contributed by atoms with Gasteiger partial charge >= 0.3 is 5.97 Å². The lowest BCUT2D eigenvalue weighted by atomic mass is 10.1. The number of nitrogens with zero attached hydrogens (tertiary/aromatic N) is 1. The highest BCUT2D eigenvalue weighted by Gasteiger charge is 2.59. The van der Waals surface area contributed by atoms with Crippen LogP contribution in [0.3, 0.4) is 0 Å². The maximum absolute atomic E-state index is 13.1. The fourth-order valence-electron chi connectivity index (χ4n) is 1.96. The molecule has 0 heterocycles. The van der Waals surface area contributed by atoms with Gasteiger partial charge in [0.05, 0.1) is 7.11 Å². The maximum atomic E-state index is 13.1. The second kappa shape index (κ2) is 4.60. The van der Waals surface area contributed by atoms with E-state index in [0.717, 1.165) is 17.0 Å². The number of ether oxygens (including phenoxy) is 1. The van der Waals surface area contributed by atoms with Gasteiger partial charge in [0.15, 0.2) is 11.6 Å². The van der Waals surface area contributed by atoms with Crippen LogP contribution in [-0.4, -0.2) is 26.0 Å². The molecular formula is C13H13F2NO3. The van der Waals surface area contributed by atoms with Crippen LogP contribution in [0.25, 0.3) is 0 Å². The molecule has 0 radical (unpaired) electrons. The fourth-order valence-corrected chi connectivity index (χ4v) is 1.96. The number of methoxy groups -OCH3 is 1. The number of amides is 1. The number of rotatable bonds is 3. The molecule has 0 saturated heterocycles. The van der Waals surface area contributed by atoms with E-state index in [4.69, 9.17) is 0 Å². The zero-order chi connectivity index (χ0) is 14.2. The molecule has 0 spiro atoms. The SMILES string of the molecule is COC(=O)C1(C(=O)N(C)c2ccc(F)c(F)c2)CC1. The Morgan fingerprint density at radius 3 is 2.37 bits per heavy atom. The van der Waals surface area contributed by atoms with Gasteiger partial charge in [0.2, 0.25) is 5.91 Å². The summed E-state index contributed by atoms with van der Waals surface area (Å²) in [6.45, 7) is 0. The van der Waals surface area contributed by atoms with Crippen LogP contribution in [0.5, 0.6) is 0 Å². The first-order valence-electron chi connectivity index (χ1n) is 5.74. The van der Waals surface area contributed by atoms with E-state index in [1.807, 2.05) is 0 Å². The number of esters is 1. The summed E-state index contributed by atoms with van der Waals surface area (Å²) in [6.07, 6.45) is 0.818. The van der Waals surface area contributed by atoms with Crippen molar-refractivity contribution in [3.63, 3.8) is 0 Å². The van der Waals surface area contributed by atoms with Crippen LogP contribution in [0, 0.1) is 17.0 Å². The van der Waals surface area contributed by atoms with Crippen molar-refractivity contribution >= 4 is 17.6 Å². The van der Waals surface area contributed by atoms with Gasteiger partial charge in [-0.3, -0.25) is 9.59 Å². The monoisotopic (exact) mass is 269 g/mol.